The maximum atomic E-state index is 12.3. The molecule has 116 valence electrons. The molecule has 0 spiro atoms. The third kappa shape index (κ3) is 2.90. The van der Waals surface area contributed by atoms with E-state index >= 15 is 0 Å². The molecule has 1 fully saturated rings. The highest BCUT2D eigenvalue weighted by Gasteiger charge is 2.60. The number of esters is 1. The number of likely N-dealkylation sites (tertiary alicyclic amines) is 1. The number of aliphatic hydroxyl groups is 1. The van der Waals surface area contributed by atoms with Crippen LogP contribution >= 0.6 is 0 Å². The average molecular weight is 287 g/mol. The summed E-state index contributed by atoms with van der Waals surface area (Å²) in [5.74, 6) is -0.557. The number of methoxy groups -OCH3 is 1. The molecule has 0 aromatic heterocycles. The normalized spacial score (nSPS) is 29.2. The Morgan fingerprint density at radius 2 is 1.75 bits per heavy atom. The molecule has 6 nitrogen and oxygen atoms in total. The Morgan fingerprint density at radius 1 is 1.25 bits per heavy atom. The van der Waals surface area contributed by atoms with Crippen molar-refractivity contribution in [3.05, 3.63) is 0 Å². The van der Waals surface area contributed by atoms with Gasteiger partial charge < -0.3 is 14.6 Å². The smallest absolute Gasteiger partial charge is 0.411 e. The maximum absolute atomic E-state index is 12.3. The molecular formula is C14H25NO5. The van der Waals surface area contributed by atoms with Crippen LogP contribution in [-0.4, -0.2) is 53.0 Å². The van der Waals surface area contributed by atoms with Crippen LogP contribution in [0, 0.1) is 5.41 Å². The molecular weight excluding hydrogens is 262 g/mol. The number of carbonyl (C=O) groups is 2. The fourth-order valence-corrected chi connectivity index (χ4v) is 2.33. The molecule has 1 saturated heterocycles. The first-order chi connectivity index (χ1) is 8.83. The number of ether oxygens (including phenoxy) is 2. The summed E-state index contributed by atoms with van der Waals surface area (Å²) < 4.78 is 10.1. The fraction of sp³-hybridized carbons (Fsp3) is 0.857. The van der Waals surface area contributed by atoms with E-state index in [2.05, 4.69) is 0 Å². The lowest BCUT2D eigenvalue weighted by Crippen LogP contribution is -2.50. The summed E-state index contributed by atoms with van der Waals surface area (Å²) >= 11 is 0. The van der Waals surface area contributed by atoms with Gasteiger partial charge in [0.25, 0.3) is 0 Å². The van der Waals surface area contributed by atoms with Gasteiger partial charge in [0.15, 0.2) is 0 Å². The molecule has 0 aromatic carbocycles. The molecule has 1 unspecified atom stereocenters. The molecule has 0 bridgehead atoms. The van der Waals surface area contributed by atoms with E-state index < -0.39 is 34.7 Å². The zero-order valence-corrected chi connectivity index (χ0v) is 13.3. The van der Waals surface area contributed by atoms with Crippen LogP contribution in [0.25, 0.3) is 0 Å². The highest BCUT2D eigenvalue weighted by atomic mass is 16.6. The lowest BCUT2D eigenvalue weighted by Gasteiger charge is -2.35. The Hall–Kier alpha value is -1.30. The molecule has 0 radical (unpaired) electrons. The van der Waals surface area contributed by atoms with Crippen molar-refractivity contribution in [2.45, 2.75) is 58.8 Å². The van der Waals surface area contributed by atoms with Crippen molar-refractivity contribution in [1.82, 2.24) is 4.90 Å². The number of hydrogen-bond donors (Lipinski definition) is 1. The number of amides is 1. The van der Waals surface area contributed by atoms with Gasteiger partial charge in [0, 0.05) is 5.41 Å². The van der Waals surface area contributed by atoms with Gasteiger partial charge in [-0.15, -0.1) is 0 Å². The van der Waals surface area contributed by atoms with Crippen molar-refractivity contribution >= 4 is 12.1 Å². The molecule has 1 amide bonds. The standard InChI is InChI=1S/C14H25NO5/c1-12(2,3)20-11(17)15-8-14(6,18)13(4,5)9(15)10(16)19-7/h9,18H,8H2,1-7H3/t9?,14-/m1/s1. The summed E-state index contributed by atoms with van der Waals surface area (Å²) in [5.41, 5.74) is -2.71. The molecule has 1 N–H and O–H groups in total. The SMILES string of the molecule is COC(=O)C1N(C(=O)OC(C)(C)C)C[C@@](C)(O)C1(C)C. The number of nitrogens with zero attached hydrogens (tertiary/aromatic N) is 1. The van der Waals surface area contributed by atoms with Gasteiger partial charge in [-0.05, 0) is 27.7 Å². The predicted octanol–water partition coefficient (Wildman–Crippen LogP) is 1.56. The zero-order chi connectivity index (χ0) is 15.9. The summed E-state index contributed by atoms with van der Waals surface area (Å²) in [6, 6.07) is -0.877. The summed E-state index contributed by atoms with van der Waals surface area (Å²) in [5, 5.41) is 10.5. The van der Waals surface area contributed by atoms with Gasteiger partial charge in [-0.2, -0.15) is 0 Å². The Kier molecular flexibility index (Phi) is 4.11. The fourth-order valence-electron chi connectivity index (χ4n) is 2.33. The number of β-amino-alcohol motifs (C(OH)–C–C–N with tert-alkyl or cyclic N) is 1. The second-order valence-electron chi connectivity index (χ2n) is 7.03. The third-order valence-electron chi connectivity index (χ3n) is 3.91. The van der Waals surface area contributed by atoms with Crippen molar-refractivity contribution in [3.8, 4) is 0 Å². The van der Waals surface area contributed by atoms with Crippen LogP contribution in [0.3, 0.4) is 0 Å². The van der Waals surface area contributed by atoms with E-state index in [9.17, 15) is 14.7 Å². The molecule has 6 heteroatoms. The maximum Gasteiger partial charge on any atom is 0.411 e. The predicted molar refractivity (Wildman–Crippen MR) is 73.1 cm³/mol. The first-order valence-corrected chi connectivity index (χ1v) is 6.63. The minimum atomic E-state index is -1.21. The summed E-state index contributed by atoms with van der Waals surface area (Å²) in [7, 11) is 1.26. The van der Waals surface area contributed by atoms with E-state index in [0.717, 1.165) is 0 Å². The highest BCUT2D eigenvalue weighted by Crippen LogP contribution is 2.44. The molecule has 0 saturated carbocycles. The van der Waals surface area contributed by atoms with Crippen molar-refractivity contribution < 1.29 is 24.2 Å². The Bertz CT molecular complexity index is 408. The van der Waals surface area contributed by atoms with Crippen molar-refractivity contribution in [2.24, 2.45) is 5.41 Å². The molecule has 1 heterocycles. The van der Waals surface area contributed by atoms with Crippen molar-refractivity contribution in [3.63, 3.8) is 0 Å². The van der Waals surface area contributed by atoms with Crippen molar-refractivity contribution in [1.29, 1.82) is 0 Å². The van der Waals surface area contributed by atoms with Crippen LogP contribution in [0.5, 0.6) is 0 Å². The van der Waals surface area contributed by atoms with E-state index in [0.29, 0.717) is 0 Å². The lowest BCUT2D eigenvalue weighted by atomic mass is 9.74. The van der Waals surface area contributed by atoms with E-state index in [4.69, 9.17) is 9.47 Å². The van der Waals surface area contributed by atoms with Crippen LogP contribution in [0.15, 0.2) is 0 Å². The second-order valence-corrected chi connectivity index (χ2v) is 7.03. The molecule has 1 aliphatic rings. The third-order valence-corrected chi connectivity index (χ3v) is 3.91. The summed E-state index contributed by atoms with van der Waals surface area (Å²) in [4.78, 5) is 25.5. The molecule has 0 aromatic rings. The summed E-state index contributed by atoms with van der Waals surface area (Å²) in [6.45, 7) is 10.3. The molecule has 1 rings (SSSR count). The molecule has 20 heavy (non-hydrogen) atoms. The Labute approximate surface area is 120 Å². The summed E-state index contributed by atoms with van der Waals surface area (Å²) in [6.07, 6.45) is -0.626. The van der Waals surface area contributed by atoms with Gasteiger partial charge in [0.05, 0.1) is 19.3 Å². The van der Waals surface area contributed by atoms with Gasteiger partial charge in [-0.3, -0.25) is 4.90 Å². The number of rotatable bonds is 1. The minimum absolute atomic E-state index is 0.0225. The Balaban J connectivity index is 3.12. The van der Waals surface area contributed by atoms with E-state index in [-0.39, 0.29) is 6.54 Å². The lowest BCUT2D eigenvalue weighted by molar-refractivity contribution is -0.150. The van der Waals surface area contributed by atoms with Crippen LogP contribution in [0.2, 0.25) is 0 Å². The molecule has 1 aliphatic heterocycles. The number of hydrogen-bond acceptors (Lipinski definition) is 5. The van der Waals surface area contributed by atoms with Crippen LogP contribution in [0.4, 0.5) is 4.79 Å². The van der Waals surface area contributed by atoms with Crippen molar-refractivity contribution in [2.75, 3.05) is 13.7 Å². The second kappa shape index (κ2) is 4.91. The first kappa shape index (κ1) is 16.8. The highest BCUT2D eigenvalue weighted by molar-refractivity contribution is 5.83. The molecule has 2 atom stereocenters. The monoisotopic (exact) mass is 287 g/mol. The van der Waals surface area contributed by atoms with Crippen LogP contribution in [0.1, 0.15) is 41.5 Å². The first-order valence-electron chi connectivity index (χ1n) is 6.63. The van der Waals surface area contributed by atoms with Gasteiger partial charge in [0.2, 0.25) is 0 Å². The van der Waals surface area contributed by atoms with Gasteiger partial charge in [-0.1, -0.05) is 13.8 Å². The number of carbonyl (C=O) groups excluding carboxylic acids is 2. The zero-order valence-electron chi connectivity index (χ0n) is 13.3. The topological polar surface area (TPSA) is 76.1 Å². The molecule has 0 aliphatic carbocycles. The minimum Gasteiger partial charge on any atom is -0.467 e. The quantitative estimate of drug-likeness (QED) is 0.741. The Morgan fingerprint density at radius 3 is 2.15 bits per heavy atom. The van der Waals surface area contributed by atoms with Crippen LogP contribution < -0.4 is 0 Å². The van der Waals surface area contributed by atoms with Crippen LogP contribution in [-0.2, 0) is 14.3 Å². The van der Waals surface area contributed by atoms with E-state index in [1.165, 1.54) is 12.0 Å². The van der Waals surface area contributed by atoms with E-state index in [1.807, 2.05) is 0 Å². The average Bonchev–Trinajstić information content (AvgIpc) is 2.42. The van der Waals surface area contributed by atoms with Gasteiger partial charge >= 0.3 is 12.1 Å². The largest absolute Gasteiger partial charge is 0.467 e. The van der Waals surface area contributed by atoms with Gasteiger partial charge in [0.1, 0.15) is 11.6 Å². The van der Waals surface area contributed by atoms with Gasteiger partial charge in [-0.25, -0.2) is 9.59 Å². The van der Waals surface area contributed by atoms with E-state index in [1.54, 1.807) is 41.5 Å².